The van der Waals surface area contributed by atoms with E-state index in [9.17, 15) is 0 Å². The van der Waals surface area contributed by atoms with Gasteiger partial charge in [0.2, 0.25) is 0 Å². The average Bonchev–Trinajstić information content (AvgIpc) is 3.24. The minimum Gasteiger partial charge on any atom is -0.379 e. The van der Waals surface area contributed by atoms with Gasteiger partial charge in [0.15, 0.2) is 5.96 Å². The zero-order valence-corrected chi connectivity index (χ0v) is 21.1. The molecule has 1 aromatic rings. The molecule has 2 aliphatic rings. The fraction of sp³-hybridized carbons (Fsp3) is 0.762. The standard InChI is InChI=1S/C21H37N5OS.HI/c1-3-22-21(23-14-18(2)26-9-11-27-12-10-26)24-15-19-6-4-8-25(16-19)17-20-7-5-13-28-20;/h5,7,13,18-19H,3-4,6,8-12,14-17H2,1-2H3,(H2,22,23,24);1H. The normalized spacial score (nSPS) is 22.7. The van der Waals surface area contributed by atoms with Crippen LogP contribution in [0.2, 0.25) is 0 Å². The van der Waals surface area contributed by atoms with Crippen molar-refractivity contribution in [3.05, 3.63) is 22.4 Å². The molecule has 0 radical (unpaired) electrons. The molecular weight excluding hydrogens is 497 g/mol. The molecule has 2 fully saturated rings. The van der Waals surface area contributed by atoms with Gasteiger partial charge in [-0.25, -0.2) is 0 Å². The minimum absolute atomic E-state index is 0. The lowest BCUT2D eigenvalue weighted by molar-refractivity contribution is 0.0220. The quantitative estimate of drug-likeness (QED) is 0.305. The van der Waals surface area contributed by atoms with Crippen molar-refractivity contribution in [2.24, 2.45) is 10.9 Å². The van der Waals surface area contributed by atoms with Crippen LogP contribution in [0.4, 0.5) is 0 Å². The Bertz CT molecular complexity index is 580. The fourth-order valence-electron chi connectivity index (χ4n) is 4.02. The van der Waals surface area contributed by atoms with Gasteiger partial charge in [0, 0.05) is 50.2 Å². The molecule has 2 N–H and O–H groups in total. The third-order valence-electron chi connectivity index (χ3n) is 5.65. The van der Waals surface area contributed by atoms with Crippen molar-refractivity contribution in [1.82, 2.24) is 20.4 Å². The number of guanidine groups is 1. The molecule has 0 aliphatic carbocycles. The van der Waals surface area contributed by atoms with E-state index in [2.05, 4.69) is 51.8 Å². The molecule has 0 saturated carbocycles. The number of ether oxygens (including phenoxy) is 1. The summed E-state index contributed by atoms with van der Waals surface area (Å²) in [7, 11) is 0. The largest absolute Gasteiger partial charge is 0.379 e. The fourth-order valence-corrected chi connectivity index (χ4v) is 4.77. The Morgan fingerprint density at radius 1 is 1.31 bits per heavy atom. The van der Waals surface area contributed by atoms with E-state index in [-0.39, 0.29) is 24.0 Å². The van der Waals surface area contributed by atoms with E-state index in [1.165, 1.54) is 30.8 Å². The van der Waals surface area contributed by atoms with Crippen LogP contribution < -0.4 is 10.6 Å². The van der Waals surface area contributed by atoms with E-state index in [1.54, 1.807) is 0 Å². The van der Waals surface area contributed by atoms with Crippen LogP contribution in [0, 0.1) is 5.92 Å². The third-order valence-corrected chi connectivity index (χ3v) is 6.51. The number of halogens is 1. The van der Waals surface area contributed by atoms with Gasteiger partial charge in [0.25, 0.3) is 0 Å². The summed E-state index contributed by atoms with van der Waals surface area (Å²) in [6, 6.07) is 4.85. The molecular formula is C21H38IN5OS. The molecule has 2 unspecified atom stereocenters. The maximum absolute atomic E-state index is 5.46. The summed E-state index contributed by atoms with van der Waals surface area (Å²) in [5.74, 6) is 1.65. The Morgan fingerprint density at radius 2 is 2.14 bits per heavy atom. The highest BCUT2D eigenvalue weighted by molar-refractivity contribution is 14.0. The number of nitrogens with zero attached hydrogens (tertiary/aromatic N) is 3. The van der Waals surface area contributed by atoms with Gasteiger partial charge in [-0.05, 0) is 50.6 Å². The highest BCUT2D eigenvalue weighted by Gasteiger charge is 2.21. The first-order valence-corrected chi connectivity index (χ1v) is 11.7. The number of rotatable bonds is 8. The van der Waals surface area contributed by atoms with Gasteiger partial charge in [-0.2, -0.15) is 0 Å². The molecule has 2 aliphatic heterocycles. The topological polar surface area (TPSA) is 52.1 Å². The molecule has 6 nitrogen and oxygen atoms in total. The molecule has 3 heterocycles. The number of likely N-dealkylation sites (tertiary alicyclic amines) is 1. The number of morpholine rings is 1. The predicted octanol–water partition coefficient (Wildman–Crippen LogP) is 2.85. The molecule has 0 aromatic carbocycles. The molecule has 2 atom stereocenters. The predicted molar refractivity (Wildman–Crippen MR) is 134 cm³/mol. The van der Waals surface area contributed by atoms with E-state index in [1.807, 2.05) is 11.3 Å². The first-order valence-electron chi connectivity index (χ1n) is 10.8. The van der Waals surface area contributed by atoms with Crippen LogP contribution in [0.25, 0.3) is 0 Å². The maximum atomic E-state index is 5.46. The number of aliphatic imine (C=N–C) groups is 1. The lowest BCUT2D eigenvalue weighted by atomic mass is 9.98. The molecule has 0 spiro atoms. The van der Waals surface area contributed by atoms with Gasteiger partial charge in [-0.15, -0.1) is 35.3 Å². The Hall–Kier alpha value is -0.420. The smallest absolute Gasteiger partial charge is 0.191 e. The molecule has 1 aromatic heterocycles. The maximum Gasteiger partial charge on any atom is 0.191 e. The van der Waals surface area contributed by atoms with Crippen molar-refractivity contribution in [2.45, 2.75) is 39.3 Å². The SMILES string of the molecule is CCNC(=NCC(C)N1CCOCC1)NCC1CCCN(Cc2cccs2)C1.I. The number of thiophene rings is 1. The summed E-state index contributed by atoms with van der Waals surface area (Å²) >= 11 is 1.87. The van der Waals surface area contributed by atoms with E-state index in [4.69, 9.17) is 9.73 Å². The van der Waals surface area contributed by atoms with Crippen molar-refractivity contribution >= 4 is 41.3 Å². The van der Waals surface area contributed by atoms with Crippen LogP contribution in [-0.4, -0.2) is 80.8 Å². The Balaban J connectivity index is 0.00000300. The van der Waals surface area contributed by atoms with Crippen LogP contribution in [0.3, 0.4) is 0 Å². The van der Waals surface area contributed by atoms with E-state index < -0.39 is 0 Å². The molecule has 2 saturated heterocycles. The van der Waals surface area contributed by atoms with Crippen molar-refractivity contribution in [3.8, 4) is 0 Å². The van der Waals surface area contributed by atoms with Gasteiger partial charge in [-0.1, -0.05) is 6.07 Å². The Kier molecular flexibility index (Phi) is 11.8. The summed E-state index contributed by atoms with van der Waals surface area (Å²) in [5.41, 5.74) is 0. The van der Waals surface area contributed by atoms with Crippen molar-refractivity contribution in [3.63, 3.8) is 0 Å². The number of hydrogen-bond acceptors (Lipinski definition) is 5. The highest BCUT2D eigenvalue weighted by Crippen LogP contribution is 2.20. The average molecular weight is 536 g/mol. The third kappa shape index (κ3) is 8.69. The van der Waals surface area contributed by atoms with Gasteiger partial charge in [-0.3, -0.25) is 14.8 Å². The van der Waals surface area contributed by atoms with E-state index >= 15 is 0 Å². The Morgan fingerprint density at radius 3 is 2.86 bits per heavy atom. The van der Waals surface area contributed by atoms with Crippen LogP contribution in [-0.2, 0) is 11.3 Å². The Labute approximate surface area is 197 Å². The molecule has 8 heteroatoms. The second-order valence-electron chi connectivity index (χ2n) is 7.92. The van der Waals surface area contributed by atoms with Crippen molar-refractivity contribution in [1.29, 1.82) is 0 Å². The van der Waals surface area contributed by atoms with Gasteiger partial charge >= 0.3 is 0 Å². The van der Waals surface area contributed by atoms with Crippen LogP contribution in [0.1, 0.15) is 31.6 Å². The summed E-state index contributed by atoms with van der Waals surface area (Å²) in [4.78, 5) is 11.4. The second-order valence-corrected chi connectivity index (χ2v) is 8.95. The van der Waals surface area contributed by atoms with Crippen molar-refractivity contribution in [2.75, 3.05) is 59.0 Å². The van der Waals surface area contributed by atoms with E-state index in [0.717, 1.165) is 58.4 Å². The summed E-state index contributed by atoms with van der Waals surface area (Å²) in [6.45, 7) is 14.3. The number of hydrogen-bond donors (Lipinski definition) is 2. The van der Waals surface area contributed by atoms with Crippen LogP contribution in [0.15, 0.2) is 22.5 Å². The summed E-state index contributed by atoms with van der Waals surface area (Å²) < 4.78 is 5.46. The zero-order chi connectivity index (χ0) is 19.6. The van der Waals surface area contributed by atoms with E-state index in [0.29, 0.717) is 12.0 Å². The monoisotopic (exact) mass is 535 g/mol. The van der Waals surface area contributed by atoms with Gasteiger partial charge < -0.3 is 15.4 Å². The summed E-state index contributed by atoms with van der Waals surface area (Å²) in [5, 5.41) is 9.19. The second kappa shape index (κ2) is 13.8. The number of piperidine rings is 1. The molecule has 0 amide bonds. The molecule has 166 valence electrons. The van der Waals surface area contributed by atoms with Gasteiger partial charge in [0.1, 0.15) is 0 Å². The minimum atomic E-state index is 0. The van der Waals surface area contributed by atoms with Crippen LogP contribution in [0.5, 0.6) is 0 Å². The van der Waals surface area contributed by atoms with Gasteiger partial charge in [0.05, 0.1) is 19.8 Å². The lowest BCUT2D eigenvalue weighted by Crippen LogP contribution is -2.46. The van der Waals surface area contributed by atoms with Crippen LogP contribution >= 0.6 is 35.3 Å². The molecule has 3 rings (SSSR count). The first-order chi connectivity index (χ1) is 13.7. The van der Waals surface area contributed by atoms with Crippen molar-refractivity contribution < 1.29 is 4.74 Å². The molecule has 0 bridgehead atoms. The molecule has 29 heavy (non-hydrogen) atoms. The summed E-state index contributed by atoms with van der Waals surface area (Å²) in [6.07, 6.45) is 2.59. The lowest BCUT2D eigenvalue weighted by Gasteiger charge is -2.33. The number of nitrogens with one attached hydrogen (secondary N) is 2. The highest BCUT2D eigenvalue weighted by atomic mass is 127. The zero-order valence-electron chi connectivity index (χ0n) is 17.9. The first kappa shape index (κ1) is 24.8.